The van der Waals surface area contributed by atoms with Crippen LogP contribution in [-0.2, 0) is 10.0 Å². The van der Waals surface area contributed by atoms with Crippen LogP contribution >= 0.6 is 27.5 Å². The minimum Gasteiger partial charge on any atom is -0.319 e. The number of benzene rings is 1. The summed E-state index contributed by atoms with van der Waals surface area (Å²) in [4.78, 5) is 15.9. The number of primary sulfonamides is 1. The number of halogens is 2. The molecule has 9 heteroatoms. The molecule has 2 aromatic rings. The number of aromatic nitrogens is 1. The predicted molar refractivity (Wildman–Crippen MR) is 82.7 cm³/mol. The summed E-state index contributed by atoms with van der Waals surface area (Å²) >= 11 is 9.08. The molecule has 1 aromatic heterocycles. The Morgan fingerprint density at radius 3 is 2.62 bits per heavy atom. The van der Waals surface area contributed by atoms with Gasteiger partial charge in [-0.3, -0.25) is 4.79 Å². The highest BCUT2D eigenvalue weighted by molar-refractivity contribution is 9.10. The van der Waals surface area contributed by atoms with E-state index in [0.717, 1.165) is 0 Å². The maximum atomic E-state index is 12.0. The first-order valence-corrected chi connectivity index (χ1v) is 8.25. The maximum absolute atomic E-state index is 12.0. The Morgan fingerprint density at radius 2 is 2.00 bits per heavy atom. The van der Waals surface area contributed by atoms with Gasteiger partial charge in [0.15, 0.2) is 0 Å². The largest absolute Gasteiger partial charge is 0.319 e. The van der Waals surface area contributed by atoms with Gasteiger partial charge in [-0.15, -0.1) is 0 Å². The van der Waals surface area contributed by atoms with Crippen LogP contribution in [0.3, 0.4) is 0 Å². The topological polar surface area (TPSA) is 102 Å². The molecule has 1 heterocycles. The lowest BCUT2D eigenvalue weighted by Crippen LogP contribution is -2.16. The molecule has 0 aliphatic rings. The summed E-state index contributed by atoms with van der Waals surface area (Å²) in [5.74, 6) is -0.523. The first-order chi connectivity index (χ1) is 9.77. The number of carbonyl (C=O) groups excluding carboxylic acids is 1. The lowest BCUT2D eigenvalue weighted by molar-refractivity contribution is 0.102. The van der Waals surface area contributed by atoms with Crippen molar-refractivity contribution in [1.29, 1.82) is 0 Å². The minimum absolute atomic E-state index is 0.134. The van der Waals surface area contributed by atoms with Gasteiger partial charge >= 0.3 is 0 Å². The van der Waals surface area contributed by atoms with E-state index in [2.05, 4.69) is 26.2 Å². The van der Waals surface area contributed by atoms with Gasteiger partial charge in [-0.05, 0) is 46.3 Å². The number of nitrogens with one attached hydrogen (secondary N) is 1. The average molecular weight is 391 g/mol. The van der Waals surface area contributed by atoms with E-state index in [1.165, 1.54) is 24.3 Å². The minimum atomic E-state index is -3.88. The molecule has 0 aliphatic carbocycles. The third kappa shape index (κ3) is 4.01. The van der Waals surface area contributed by atoms with Crippen molar-refractivity contribution in [3.05, 3.63) is 51.7 Å². The molecule has 0 unspecified atom stereocenters. The van der Waals surface area contributed by atoms with Crippen molar-refractivity contribution < 1.29 is 13.2 Å². The van der Waals surface area contributed by atoms with Gasteiger partial charge in [0.05, 0.1) is 15.6 Å². The number of amides is 1. The van der Waals surface area contributed by atoms with E-state index in [9.17, 15) is 13.2 Å². The number of nitrogens with zero attached hydrogens (tertiary/aromatic N) is 1. The summed E-state index contributed by atoms with van der Waals surface area (Å²) in [6, 6.07) is 8.61. The quantitative estimate of drug-likeness (QED) is 0.786. The molecule has 1 aromatic carbocycles. The molecule has 0 aliphatic heterocycles. The zero-order chi connectivity index (χ0) is 15.6. The zero-order valence-electron chi connectivity index (χ0n) is 10.4. The highest BCUT2D eigenvalue weighted by Crippen LogP contribution is 2.25. The molecule has 110 valence electrons. The van der Waals surface area contributed by atoms with E-state index in [0.29, 0.717) is 4.60 Å². The smallest absolute Gasteiger partial charge is 0.274 e. The normalized spacial score (nSPS) is 11.2. The van der Waals surface area contributed by atoms with Crippen LogP contribution in [0.4, 0.5) is 5.69 Å². The first-order valence-electron chi connectivity index (χ1n) is 5.53. The monoisotopic (exact) mass is 389 g/mol. The number of nitrogens with two attached hydrogens (primary N) is 1. The molecule has 2 rings (SSSR count). The molecular formula is C12H9BrClN3O3S. The highest BCUT2D eigenvalue weighted by Gasteiger charge is 2.14. The fraction of sp³-hybridized carbons (Fsp3) is 0. The second kappa shape index (κ2) is 6.10. The number of hydrogen-bond donors (Lipinski definition) is 2. The van der Waals surface area contributed by atoms with Gasteiger partial charge in [-0.1, -0.05) is 17.7 Å². The summed E-state index contributed by atoms with van der Waals surface area (Å²) in [5, 5.41) is 7.71. The number of hydrogen-bond acceptors (Lipinski definition) is 4. The maximum Gasteiger partial charge on any atom is 0.274 e. The van der Waals surface area contributed by atoms with Crippen molar-refractivity contribution in [2.45, 2.75) is 4.90 Å². The summed E-state index contributed by atoms with van der Waals surface area (Å²) in [6.45, 7) is 0. The van der Waals surface area contributed by atoms with Crippen LogP contribution in [0.15, 0.2) is 45.9 Å². The number of anilines is 1. The van der Waals surface area contributed by atoms with Crippen LogP contribution in [0, 0.1) is 0 Å². The molecule has 0 radical (unpaired) electrons. The standard InChI is InChI=1S/C12H9BrClN3O3S/c13-11-3-1-2-9(16-11)12(18)17-10-6-7(21(15,19)20)4-5-8(10)14/h1-6H,(H,17,18)(H2,15,19,20). The van der Waals surface area contributed by atoms with Crippen molar-refractivity contribution in [2.24, 2.45) is 5.14 Å². The first kappa shape index (κ1) is 15.9. The number of sulfonamides is 1. The molecular weight excluding hydrogens is 382 g/mol. The van der Waals surface area contributed by atoms with E-state index in [4.69, 9.17) is 16.7 Å². The average Bonchev–Trinajstić information content (AvgIpc) is 2.40. The van der Waals surface area contributed by atoms with Crippen LogP contribution in [-0.4, -0.2) is 19.3 Å². The van der Waals surface area contributed by atoms with Crippen molar-refractivity contribution in [2.75, 3.05) is 5.32 Å². The summed E-state index contributed by atoms with van der Waals surface area (Å²) in [5.41, 5.74) is 0.288. The molecule has 3 N–H and O–H groups in total. The Hall–Kier alpha value is -1.48. The Balaban J connectivity index is 2.33. The van der Waals surface area contributed by atoms with Crippen LogP contribution in [0.5, 0.6) is 0 Å². The zero-order valence-corrected chi connectivity index (χ0v) is 13.5. The van der Waals surface area contributed by atoms with Gasteiger partial charge in [-0.2, -0.15) is 0 Å². The van der Waals surface area contributed by atoms with Crippen LogP contribution in [0.1, 0.15) is 10.5 Å². The molecule has 0 spiro atoms. The van der Waals surface area contributed by atoms with E-state index in [-0.39, 0.29) is 21.3 Å². The van der Waals surface area contributed by atoms with Crippen molar-refractivity contribution in [1.82, 2.24) is 4.98 Å². The molecule has 0 fully saturated rings. The van der Waals surface area contributed by atoms with Gasteiger partial charge in [0, 0.05) is 0 Å². The number of rotatable bonds is 3. The van der Waals surface area contributed by atoms with Crippen molar-refractivity contribution in [3.8, 4) is 0 Å². The molecule has 0 bridgehead atoms. The lowest BCUT2D eigenvalue weighted by Gasteiger charge is -2.08. The van der Waals surface area contributed by atoms with Crippen LogP contribution in [0.2, 0.25) is 5.02 Å². The second-order valence-corrected chi connectivity index (χ2v) is 6.77. The van der Waals surface area contributed by atoms with Crippen LogP contribution in [0.25, 0.3) is 0 Å². The van der Waals surface area contributed by atoms with Crippen LogP contribution < -0.4 is 10.5 Å². The lowest BCUT2D eigenvalue weighted by atomic mass is 10.3. The molecule has 6 nitrogen and oxygen atoms in total. The summed E-state index contributed by atoms with van der Waals surface area (Å²) < 4.78 is 23.1. The SMILES string of the molecule is NS(=O)(=O)c1ccc(Cl)c(NC(=O)c2cccc(Br)n2)c1. The Morgan fingerprint density at radius 1 is 1.29 bits per heavy atom. The van der Waals surface area contributed by atoms with E-state index >= 15 is 0 Å². The van der Waals surface area contributed by atoms with Gasteiger partial charge in [-0.25, -0.2) is 18.5 Å². The van der Waals surface area contributed by atoms with E-state index < -0.39 is 15.9 Å². The van der Waals surface area contributed by atoms with Crippen molar-refractivity contribution >= 4 is 49.1 Å². The number of carbonyl (C=O) groups is 1. The van der Waals surface area contributed by atoms with E-state index in [1.54, 1.807) is 12.1 Å². The fourth-order valence-electron chi connectivity index (χ4n) is 1.50. The van der Waals surface area contributed by atoms with Gasteiger partial charge in [0.1, 0.15) is 10.3 Å². The molecule has 1 amide bonds. The summed E-state index contributed by atoms with van der Waals surface area (Å²) in [6.07, 6.45) is 0. The number of pyridine rings is 1. The summed E-state index contributed by atoms with van der Waals surface area (Å²) in [7, 11) is -3.88. The van der Waals surface area contributed by atoms with Gasteiger partial charge in [0.2, 0.25) is 10.0 Å². The Bertz CT molecular complexity index is 811. The second-order valence-electron chi connectivity index (χ2n) is 3.99. The Kier molecular flexibility index (Phi) is 4.62. The third-order valence-corrected chi connectivity index (χ3v) is 4.14. The molecule has 0 atom stereocenters. The highest BCUT2D eigenvalue weighted by atomic mass is 79.9. The molecule has 21 heavy (non-hydrogen) atoms. The van der Waals surface area contributed by atoms with Gasteiger partial charge in [0.25, 0.3) is 5.91 Å². The van der Waals surface area contributed by atoms with Crippen molar-refractivity contribution in [3.63, 3.8) is 0 Å². The fourth-order valence-corrected chi connectivity index (χ4v) is 2.55. The molecule has 0 saturated carbocycles. The predicted octanol–water partition coefficient (Wildman–Crippen LogP) is 2.40. The Labute approximate surface area is 134 Å². The van der Waals surface area contributed by atoms with Gasteiger partial charge < -0.3 is 5.32 Å². The molecule has 0 saturated heterocycles. The third-order valence-electron chi connectivity index (χ3n) is 2.46. The van der Waals surface area contributed by atoms with E-state index in [1.807, 2.05) is 0 Å².